The fraction of sp³-hybridized carbons (Fsp3) is 0.385. The molecule has 80 valence electrons. The fourth-order valence-electron chi connectivity index (χ4n) is 2.23. The first-order valence-electron chi connectivity index (χ1n) is 5.56. The summed E-state index contributed by atoms with van der Waals surface area (Å²) in [6.07, 6.45) is 2.17. The van der Waals surface area contributed by atoms with Crippen LogP contribution in [0.25, 0.3) is 10.9 Å². The number of hydrogen-bond acceptors (Lipinski definition) is 1. The molecule has 15 heavy (non-hydrogen) atoms. The predicted molar refractivity (Wildman–Crippen MR) is 64.9 cm³/mol. The van der Waals surface area contributed by atoms with Gasteiger partial charge >= 0.3 is 0 Å². The number of aryl methyl sites for hydroxylation is 1. The largest absolute Gasteiger partial charge is 0.358 e. The minimum Gasteiger partial charge on any atom is -0.358 e. The molecule has 0 bridgehead atoms. The summed E-state index contributed by atoms with van der Waals surface area (Å²) in [5.41, 5.74) is 9.88. The molecule has 0 saturated carbocycles. The van der Waals surface area contributed by atoms with Crippen molar-refractivity contribution in [2.24, 2.45) is 5.73 Å². The lowest BCUT2D eigenvalue weighted by atomic mass is 10.0. The van der Waals surface area contributed by atoms with Crippen molar-refractivity contribution in [2.45, 2.75) is 32.7 Å². The molecule has 1 aromatic carbocycles. The van der Waals surface area contributed by atoms with E-state index in [4.69, 9.17) is 5.73 Å². The van der Waals surface area contributed by atoms with E-state index in [0.717, 1.165) is 12.8 Å². The number of fused-ring (bicyclic) bond motifs is 1. The van der Waals surface area contributed by atoms with Crippen LogP contribution in [-0.4, -0.2) is 4.98 Å². The Morgan fingerprint density at radius 2 is 2.07 bits per heavy atom. The molecule has 0 spiro atoms. The molecule has 1 aromatic heterocycles. The Balaban J connectivity index is 2.53. The average molecular weight is 202 g/mol. The van der Waals surface area contributed by atoms with Crippen molar-refractivity contribution in [1.29, 1.82) is 0 Å². The number of nitrogens with one attached hydrogen (secondary N) is 1. The van der Waals surface area contributed by atoms with Crippen LogP contribution in [0.1, 0.15) is 37.1 Å². The van der Waals surface area contributed by atoms with Gasteiger partial charge in [0.2, 0.25) is 0 Å². The van der Waals surface area contributed by atoms with Crippen molar-refractivity contribution in [3.63, 3.8) is 0 Å². The van der Waals surface area contributed by atoms with E-state index in [0.29, 0.717) is 0 Å². The molecule has 0 amide bonds. The molecular formula is C13H18N2. The summed E-state index contributed by atoms with van der Waals surface area (Å²) in [7, 11) is 0. The second kappa shape index (κ2) is 4.07. The van der Waals surface area contributed by atoms with E-state index in [9.17, 15) is 0 Å². The summed E-state index contributed by atoms with van der Waals surface area (Å²) in [6, 6.07) is 8.52. The number of rotatable bonds is 3. The molecule has 2 nitrogen and oxygen atoms in total. The molecule has 1 heterocycles. The lowest BCUT2D eigenvalue weighted by Crippen LogP contribution is -2.10. The maximum absolute atomic E-state index is 6.20. The van der Waals surface area contributed by atoms with Gasteiger partial charge in [-0.15, -0.1) is 0 Å². The number of aromatic nitrogens is 1. The van der Waals surface area contributed by atoms with E-state index >= 15 is 0 Å². The second-order valence-corrected chi connectivity index (χ2v) is 4.10. The first-order valence-corrected chi connectivity index (χ1v) is 5.56. The number of hydrogen-bond donors (Lipinski definition) is 2. The second-order valence-electron chi connectivity index (χ2n) is 4.10. The van der Waals surface area contributed by atoms with E-state index in [1.165, 1.54) is 22.2 Å². The summed E-state index contributed by atoms with van der Waals surface area (Å²) in [6.45, 7) is 4.27. The SMILES string of the molecule is CCC[C@@H](N)c1c(C)[nH]c2ccccc12. The van der Waals surface area contributed by atoms with Crippen molar-refractivity contribution in [3.05, 3.63) is 35.5 Å². The highest BCUT2D eigenvalue weighted by atomic mass is 14.7. The van der Waals surface area contributed by atoms with Gasteiger partial charge in [-0.2, -0.15) is 0 Å². The molecule has 0 unspecified atom stereocenters. The minimum atomic E-state index is 0.158. The van der Waals surface area contributed by atoms with Gasteiger partial charge in [0.25, 0.3) is 0 Å². The highest BCUT2D eigenvalue weighted by Crippen LogP contribution is 2.28. The number of H-pyrrole nitrogens is 1. The van der Waals surface area contributed by atoms with Crippen LogP contribution in [0.3, 0.4) is 0 Å². The van der Waals surface area contributed by atoms with Gasteiger partial charge in [0.1, 0.15) is 0 Å². The third kappa shape index (κ3) is 1.77. The maximum Gasteiger partial charge on any atom is 0.0459 e. The van der Waals surface area contributed by atoms with Crippen LogP contribution in [0, 0.1) is 6.92 Å². The van der Waals surface area contributed by atoms with Gasteiger partial charge in [0.15, 0.2) is 0 Å². The molecule has 2 aromatic rings. The van der Waals surface area contributed by atoms with Crippen LogP contribution in [0.4, 0.5) is 0 Å². The number of nitrogens with two attached hydrogens (primary N) is 1. The third-order valence-corrected chi connectivity index (χ3v) is 2.91. The molecule has 0 fully saturated rings. The predicted octanol–water partition coefficient (Wildman–Crippen LogP) is 3.28. The van der Waals surface area contributed by atoms with Crippen molar-refractivity contribution in [3.8, 4) is 0 Å². The number of para-hydroxylation sites is 1. The molecule has 0 aliphatic carbocycles. The van der Waals surface area contributed by atoms with Gasteiger partial charge in [-0.3, -0.25) is 0 Å². The van der Waals surface area contributed by atoms with E-state index in [-0.39, 0.29) is 6.04 Å². The Morgan fingerprint density at radius 3 is 2.80 bits per heavy atom. The molecule has 0 radical (unpaired) electrons. The smallest absolute Gasteiger partial charge is 0.0459 e. The van der Waals surface area contributed by atoms with Crippen molar-refractivity contribution in [2.75, 3.05) is 0 Å². The van der Waals surface area contributed by atoms with Gasteiger partial charge in [0.05, 0.1) is 0 Å². The monoisotopic (exact) mass is 202 g/mol. The summed E-state index contributed by atoms with van der Waals surface area (Å²) < 4.78 is 0. The van der Waals surface area contributed by atoms with Crippen molar-refractivity contribution >= 4 is 10.9 Å². The third-order valence-electron chi connectivity index (χ3n) is 2.91. The molecule has 1 atom stereocenters. The first kappa shape index (κ1) is 10.2. The Labute approximate surface area is 90.5 Å². The summed E-state index contributed by atoms with van der Waals surface area (Å²) >= 11 is 0. The first-order chi connectivity index (χ1) is 7.24. The van der Waals surface area contributed by atoms with Crippen LogP contribution < -0.4 is 5.73 Å². The minimum absolute atomic E-state index is 0.158. The van der Waals surface area contributed by atoms with Crippen LogP contribution in [0.15, 0.2) is 24.3 Å². The Morgan fingerprint density at radius 1 is 1.33 bits per heavy atom. The molecule has 0 saturated heterocycles. The van der Waals surface area contributed by atoms with Gasteiger partial charge in [-0.05, 0) is 25.0 Å². The number of benzene rings is 1. The van der Waals surface area contributed by atoms with Gasteiger partial charge in [-0.1, -0.05) is 31.5 Å². The highest BCUT2D eigenvalue weighted by molar-refractivity contribution is 5.85. The van der Waals surface area contributed by atoms with Gasteiger partial charge < -0.3 is 10.7 Å². The topological polar surface area (TPSA) is 41.8 Å². The van der Waals surface area contributed by atoms with Crippen LogP contribution in [-0.2, 0) is 0 Å². The van der Waals surface area contributed by atoms with E-state index < -0.39 is 0 Å². The molecule has 2 rings (SSSR count). The Hall–Kier alpha value is -1.28. The summed E-state index contributed by atoms with van der Waals surface area (Å²) in [4.78, 5) is 3.39. The molecule has 0 aliphatic rings. The highest BCUT2D eigenvalue weighted by Gasteiger charge is 2.13. The standard InChI is InChI=1S/C13H18N2/c1-3-6-11(14)13-9(2)15-12-8-5-4-7-10(12)13/h4-5,7-8,11,15H,3,6,14H2,1-2H3/t11-/m1/s1. The average Bonchev–Trinajstić information content (AvgIpc) is 2.54. The van der Waals surface area contributed by atoms with E-state index in [1.54, 1.807) is 0 Å². The van der Waals surface area contributed by atoms with Crippen molar-refractivity contribution in [1.82, 2.24) is 4.98 Å². The maximum atomic E-state index is 6.20. The summed E-state index contributed by atoms with van der Waals surface area (Å²) in [5.74, 6) is 0. The molecule has 2 heteroatoms. The van der Waals surface area contributed by atoms with E-state index in [2.05, 4.69) is 37.0 Å². The lowest BCUT2D eigenvalue weighted by Gasteiger charge is -2.10. The van der Waals surface area contributed by atoms with Crippen molar-refractivity contribution < 1.29 is 0 Å². The number of aromatic amines is 1. The van der Waals surface area contributed by atoms with Crippen LogP contribution in [0.5, 0.6) is 0 Å². The lowest BCUT2D eigenvalue weighted by molar-refractivity contribution is 0.639. The quantitative estimate of drug-likeness (QED) is 0.788. The van der Waals surface area contributed by atoms with E-state index in [1.807, 2.05) is 6.07 Å². The zero-order valence-corrected chi connectivity index (χ0v) is 9.38. The van der Waals surface area contributed by atoms with Gasteiger partial charge in [-0.25, -0.2) is 0 Å². The summed E-state index contributed by atoms with van der Waals surface area (Å²) in [5, 5.41) is 1.27. The van der Waals surface area contributed by atoms with Crippen LogP contribution >= 0.6 is 0 Å². The normalized spacial score (nSPS) is 13.3. The molecular weight excluding hydrogens is 184 g/mol. The Kier molecular flexibility index (Phi) is 2.78. The molecule has 0 aliphatic heterocycles. The zero-order valence-electron chi connectivity index (χ0n) is 9.38. The zero-order chi connectivity index (χ0) is 10.8. The Bertz CT molecular complexity index is 457. The van der Waals surface area contributed by atoms with Gasteiger partial charge in [0, 0.05) is 22.6 Å². The molecule has 3 N–H and O–H groups in total. The fourth-order valence-corrected chi connectivity index (χ4v) is 2.23. The van der Waals surface area contributed by atoms with Crippen LogP contribution in [0.2, 0.25) is 0 Å².